The molecule has 0 rings (SSSR count). The summed E-state index contributed by atoms with van der Waals surface area (Å²) in [5, 5.41) is 9.45. The minimum absolute atomic E-state index is 0.101. The highest BCUT2D eigenvalue weighted by Gasteiger charge is 2.12. The average Bonchev–Trinajstić information content (AvgIpc) is 2.15. The molecule has 0 aliphatic heterocycles. The Morgan fingerprint density at radius 3 is 2.53 bits per heavy atom. The summed E-state index contributed by atoms with van der Waals surface area (Å²) in [5.41, 5.74) is 9.94. The number of guanidine groups is 1. The van der Waals surface area contributed by atoms with E-state index in [-0.39, 0.29) is 5.96 Å². The van der Waals surface area contributed by atoms with Gasteiger partial charge in [-0.2, -0.15) is 0 Å². The van der Waals surface area contributed by atoms with Gasteiger partial charge in [0.25, 0.3) is 0 Å². The van der Waals surface area contributed by atoms with E-state index < -0.39 is 11.9 Å². The summed E-state index contributed by atoms with van der Waals surface area (Å²) in [6.45, 7) is 0.513. The van der Waals surface area contributed by atoms with E-state index in [1.165, 1.54) is 13.5 Å². The Morgan fingerprint density at radius 1 is 1.47 bits per heavy atom. The molecule has 0 aliphatic carbocycles. The van der Waals surface area contributed by atoms with Gasteiger partial charge in [-0.25, -0.2) is 4.79 Å². The molecule has 6 N–H and O–H groups in total. The number of unbranched alkanes of at least 4 members (excludes halogenated alkanes) is 1. The smallest absolute Gasteiger partial charge is 0.321 e. The molecule has 1 radical (unpaired) electrons. The first kappa shape index (κ1) is 13.2. The standard InChI is InChI=1S/C8H16N5O2/c1-13(8(11)15)6(14)4-2-3-5-12-7(9)10/h4H,2-3,5H2,1H3,(H2,11,15)(H4,9,10,12). The second-order valence-electron chi connectivity index (χ2n) is 2.92. The van der Waals surface area contributed by atoms with Crippen LogP contribution in [0.1, 0.15) is 12.8 Å². The van der Waals surface area contributed by atoms with E-state index in [1.54, 1.807) is 0 Å². The van der Waals surface area contributed by atoms with Gasteiger partial charge in [0.1, 0.15) is 0 Å². The molecule has 0 fully saturated rings. The fraction of sp³-hybridized carbons (Fsp3) is 0.500. The van der Waals surface area contributed by atoms with Gasteiger partial charge in [-0.15, -0.1) is 0 Å². The summed E-state index contributed by atoms with van der Waals surface area (Å²) in [6, 6.07) is -0.780. The minimum atomic E-state index is -0.780. The maximum atomic E-state index is 11.2. The van der Waals surface area contributed by atoms with Crippen LogP contribution in [0, 0.1) is 11.8 Å². The van der Waals surface area contributed by atoms with Gasteiger partial charge in [0.05, 0.1) is 6.42 Å². The number of carbonyl (C=O) groups is 2. The number of hydrogen-bond donors (Lipinski definition) is 4. The van der Waals surface area contributed by atoms with E-state index >= 15 is 0 Å². The van der Waals surface area contributed by atoms with Gasteiger partial charge in [-0.1, -0.05) is 0 Å². The zero-order chi connectivity index (χ0) is 11.8. The summed E-state index contributed by atoms with van der Waals surface area (Å²) >= 11 is 0. The fourth-order valence-corrected chi connectivity index (χ4v) is 0.796. The van der Waals surface area contributed by atoms with E-state index in [1.807, 2.05) is 0 Å². The van der Waals surface area contributed by atoms with Gasteiger partial charge >= 0.3 is 6.03 Å². The van der Waals surface area contributed by atoms with Crippen LogP contribution < -0.4 is 16.8 Å². The summed E-state index contributed by atoms with van der Waals surface area (Å²) in [6.07, 6.45) is 2.52. The molecule has 0 aromatic rings. The Labute approximate surface area is 88.3 Å². The van der Waals surface area contributed by atoms with E-state index in [0.29, 0.717) is 19.4 Å². The molecule has 0 bridgehead atoms. The highest BCUT2D eigenvalue weighted by molar-refractivity contribution is 5.97. The molecule has 0 aromatic carbocycles. The third-order valence-electron chi connectivity index (χ3n) is 1.68. The van der Waals surface area contributed by atoms with Crippen molar-refractivity contribution in [3.05, 3.63) is 6.42 Å². The second kappa shape index (κ2) is 6.63. The molecule has 0 aliphatic rings. The highest BCUT2D eigenvalue weighted by Crippen LogP contribution is 1.97. The molecule has 7 heteroatoms. The van der Waals surface area contributed by atoms with Crippen molar-refractivity contribution in [3.8, 4) is 0 Å². The number of nitrogens with zero attached hydrogens (tertiary/aromatic N) is 1. The van der Waals surface area contributed by atoms with E-state index in [2.05, 4.69) is 5.32 Å². The monoisotopic (exact) mass is 214 g/mol. The lowest BCUT2D eigenvalue weighted by Gasteiger charge is -2.11. The normalized spacial score (nSPS) is 9.40. The first-order valence-electron chi connectivity index (χ1n) is 4.43. The van der Waals surface area contributed by atoms with Crippen molar-refractivity contribution in [3.63, 3.8) is 0 Å². The molecule has 0 unspecified atom stereocenters. The number of carbonyl (C=O) groups excluding carboxylic acids is 2. The van der Waals surface area contributed by atoms with Crippen molar-refractivity contribution in [2.45, 2.75) is 12.8 Å². The molecule has 0 saturated heterocycles. The average molecular weight is 214 g/mol. The molecule has 0 aromatic heterocycles. The molecular weight excluding hydrogens is 198 g/mol. The molecule has 0 saturated carbocycles. The van der Waals surface area contributed by atoms with Gasteiger partial charge in [0.15, 0.2) is 5.96 Å². The molecular formula is C8H16N5O2. The lowest BCUT2D eigenvalue weighted by Crippen LogP contribution is -2.37. The van der Waals surface area contributed by atoms with Crippen molar-refractivity contribution in [2.24, 2.45) is 11.5 Å². The third kappa shape index (κ3) is 6.30. The van der Waals surface area contributed by atoms with E-state index in [4.69, 9.17) is 16.9 Å². The van der Waals surface area contributed by atoms with Gasteiger partial charge in [-0.05, 0) is 12.8 Å². The Bertz CT molecular complexity index is 253. The van der Waals surface area contributed by atoms with Gasteiger partial charge in [0, 0.05) is 13.6 Å². The molecule has 7 nitrogen and oxygen atoms in total. The van der Waals surface area contributed by atoms with Crippen molar-refractivity contribution in [2.75, 3.05) is 13.6 Å². The minimum Gasteiger partial charge on any atom is -0.370 e. The number of nitrogens with two attached hydrogens (primary N) is 2. The number of primary amides is 1. The van der Waals surface area contributed by atoms with Crippen LogP contribution in [0.25, 0.3) is 0 Å². The zero-order valence-corrected chi connectivity index (χ0v) is 8.62. The quantitative estimate of drug-likeness (QED) is 0.266. The van der Waals surface area contributed by atoms with E-state index in [0.717, 1.165) is 4.90 Å². The SMILES string of the molecule is CN(C(N)=O)C(=O)[CH]CCCNC(=N)N. The summed E-state index contributed by atoms with van der Waals surface area (Å²) < 4.78 is 0. The Balaban J connectivity index is 3.55. The Hall–Kier alpha value is -1.79. The predicted octanol–water partition coefficient (Wildman–Crippen LogP) is -1.01. The summed E-state index contributed by atoms with van der Waals surface area (Å²) in [5.74, 6) is -0.527. The summed E-state index contributed by atoms with van der Waals surface area (Å²) in [4.78, 5) is 22.6. The van der Waals surface area contributed by atoms with Crippen molar-refractivity contribution >= 4 is 17.9 Å². The maximum Gasteiger partial charge on any atom is 0.321 e. The number of rotatable bonds is 5. The predicted molar refractivity (Wildman–Crippen MR) is 55.8 cm³/mol. The van der Waals surface area contributed by atoms with Gasteiger partial charge in [0.2, 0.25) is 5.91 Å². The number of amides is 3. The topological polar surface area (TPSA) is 125 Å². The molecule has 15 heavy (non-hydrogen) atoms. The number of nitrogens with one attached hydrogen (secondary N) is 2. The van der Waals surface area contributed by atoms with E-state index in [9.17, 15) is 9.59 Å². The third-order valence-corrected chi connectivity index (χ3v) is 1.68. The van der Waals surface area contributed by atoms with Crippen LogP contribution in [0.2, 0.25) is 0 Å². The number of imide groups is 1. The molecule has 0 atom stereocenters. The van der Waals surface area contributed by atoms with Gasteiger partial charge in [-0.3, -0.25) is 15.1 Å². The molecule has 0 heterocycles. The molecule has 85 valence electrons. The van der Waals surface area contributed by atoms with Gasteiger partial charge < -0.3 is 16.8 Å². The van der Waals surface area contributed by atoms with Crippen molar-refractivity contribution in [1.29, 1.82) is 5.41 Å². The van der Waals surface area contributed by atoms with Crippen LogP contribution in [-0.2, 0) is 4.79 Å². The second-order valence-corrected chi connectivity index (χ2v) is 2.92. The van der Waals surface area contributed by atoms with Crippen molar-refractivity contribution < 1.29 is 9.59 Å². The Kier molecular flexibility index (Phi) is 5.84. The first-order valence-corrected chi connectivity index (χ1v) is 4.43. The molecule has 0 spiro atoms. The lowest BCUT2D eigenvalue weighted by atomic mass is 10.2. The van der Waals surface area contributed by atoms with Crippen LogP contribution in [-0.4, -0.2) is 36.4 Å². The summed E-state index contributed by atoms with van der Waals surface area (Å²) in [7, 11) is 1.31. The van der Waals surface area contributed by atoms with Crippen LogP contribution >= 0.6 is 0 Å². The van der Waals surface area contributed by atoms with Crippen molar-refractivity contribution in [1.82, 2.24) is 10.2 Å². The highest BCUT2D eigenvalue weighted by atomic mass is 16.2. The number of urea groups is 1. The van der Waals surface area contributed by atoms with Crippen LogP contribution in [0.15, 0.2) is 0 Å². The van der Waals surface area contributed by atoms with Crippen LogP contribution in [0.4, 0.5) is 4.79 Å². The van der Waals surface area contributed by atoms with Crippen LogP contribution in [0.5, 0.6) is 0 Å². The Morgan fingerprint density at radius 2 is 2.07 bits per heavy atom. The lowest BCUT2D eigenvalue weighted by molar-refractivity contribution is -0.123. The fourth-order valence-electron chi connectivity index (χ4n) is 0.796. The number of hydrogen-bond acceptors (Lipinski definition) is 3. The maximum absolute atomic E-state index is 11.2. The van der Waals surface area contributed by atoms with Crippen LogP contribution in [0.3, 0.4) is 0 Å². The zero-order valence-electron chi connectivity index (χ0n) is 8.62. The first-order chi connectivity index (χ1) is 6.95. The molecule has 3 amide bonds. The largest absolute Gasteiger partial charge is 0.370 e.